The Balaban J connectivity index is 1.57. The van der Waals surface area contributed by atoms with Crippen molar-refractivity contribution in [3.05, 3.63) is 76.9 Å². The van der Waals surface area contributed by atoms with E-state index in [1.807, 2.05) is 24.3 Å². The molecule has 9 heteroatoms. The Morgan fingerprint density at radius 1 is 1.13 bits per heavy atom. The number of likely N-dealkylation sites (N-methyl/N-ethyl adjacent to an activating group) is 1. The molecule has 0 bridgehead atoms. The largest absolute Gasteiger partial charge is 0.493 e. The molecule has 3 aromatic carbocycles. The lowest BCUT2D eigenvalue weighted by Gasteiger charge is -2.20. The predicted molar refractivity (Wildman–Crippen MR) is 148 cm³/mol. The van der Waals surface area contributed by atoms with Gasteiger partial charge in [0.25, 0.3) is 5.91 Å². The number of para-hydroxylation sites is 1. The summed E-state index contributed by atoms with van der Waals surface area (Å²) in [6, 6.07) is 16.0. The van der Waals surface area contributed by atoms with Crippen LogP contribution in [-0.4, -0.2) is 50.4 Å². The number of hydrogen-bond donors (Lipinski definition) is 3. The Hall–Kier alpha value is -4.21. The van der Waals surface area contributed by atoms with Crippen molar-refractivity contribution < 1.29 is 24.2 Å². The number of aliphatic hydroxyl groups excluding tert-OH is 1. The lowest BCUT2D eigenvalue weighted by atomic mass is 10.1. The van der Waals surface area contributed by atoms with Gasteiger partial charge >= 0.3 is 0 Å². The van der Waals surface area contributed by atoms with Crippen molar-refractivity contribution in [1.82, 2.24) is 5.32 Å². The van der Waals surface area contributed by atoms with E-state index in [0.29, 0.717) is 40.5 Å². The van der Waals surface area contributed by atoms with Crippen LogP contribution in [0.15, 0.2) is 59.6 Å². The lowest BCUT2D eigenvalue weighted by molar-refractivity contribution is -0.117. The maximum absolute atomic E-state index is 13.5. The smallest absolute Gasteiger partial charge is 0.260 e. The van der Waals surface area contributed by atoms with Crippen LogP contribution in [0.2, 0.25) is 0 Å². The summed E-state index contributed by atoms with van der Waals surface area (Å²) in [5.74, 6) is 0.382. The van der Waals surface area contributed by atoms with Gasteiger partial charge in [-0.2, -0.15) is 0 Å². The molecule has 1 aliphatic heterocycles. The van der Waals surface area contributed by atoms with Crippen molar-refractivity contribution in [2.24, 2.45) is 4.99 Å². The van der Waals surface area contributed by atoms with Gasteiger partial charge in [-0.3, -0.25) is 14.6 Å². The van der Waals surface area contributed by atoms with E-state index in [1.165, 1.54) is 7.11 Å². The first-order chi connectivity index (χ1) is 18.4. The van der Waals surface area contributed by atoms with Gasteiger partial charge in [-0.25, -0.2) is 0 Å². The van der Waals surface area contributed by atoms with Gasteiger partial charge in [0.05, 0.1) is 31.0 Å². The summed E-state index contributed by atoms with van der Waals surface area (Å²) in [5, 5.41) is 15.4. The molecular formula is C29H32N4O5. The van der Waals surface area contributed by atoms with E-state index in [9.17, 15) is 14.7 Å². The fraction of sp³-hybridized carbons (Fsp3) is 0.276. The average Bonchev–Trinajstić information content (AvgIpc) is 3.38. The fourth-order valence-electron chi connectivity index (χ4n) is 4.37. The van der Waals surface area contributed by atoms with Crippen molar-refractivity contribution in [3.63, 3.8) is 0 Å². The van der Waals surface area contributed by atoms with Crippen LogP contribution in [0.1, 0.15) is 34.0 Å². The van der Waals surface area contributed by atoms with E-state index in [4.69, 9.17) is 9.47 Å². The summed E-state index contributed by atoms with van der Waals surface area (Å²) in [6.45, 7) is 5.92. The Labute approximate surface area is 222 Å². The lowest BCUT2D eigenvalue weighted by Crippen LogP contribution is -2.35. The first-order valence-electron chi connectivity index (χ1n) is 12.3. The molecule has 0 spiro atoms. The summed E-state index contributed by atoms with van der Waals surface area (Å²) in [7, 11) is 3.21. The minimum atomic E-state index is -0.378. The maximum atomic E-state index is 13.5. The second kappa shape index (κ2) is 11.9. The highest BCUT2D eigenvalue weighted by Gasteiger charge is 2.28. The van der Waals surface area contributed by atoms with E-state index < -0.39 is 0 Å². The number of carbonyl (C=O) groups excluding carboxylic acids is 2. The van der Waals surface area contributed by atoms with Crippen molar-refractivity contribution in [1.29, 1.82) is 0 Å². The molecule has 1 heterocycles. The van der Waals surface area contributed by atoms with E-state index in [-0.39, 0.29) is 31.1 Å². The molecular weight excluding hydrogens is 484 g/mol. The molecule has 0 saturated heterocycles. The van der Waals surface area contributed by atoms with Crippen LogP contribution >= 0.6 is 0 Å². The first-order valence-corrected chi connectivity index (χ1v) is 12.3. The standard InChI is InChI=1S/C29H32N4O5/c1-18(30-2)28(35)32-22-12-19(16-34)11-20(13-22)17-38-27-15-24(31-3)23(14-26(27)37-4)29(36)33-10-9-21-7-5-6-8-25(21)33/h5-8,11-15,18,30,34H,3,9-10,16-17H2,1-2,4H3,(H,32,35)/t18-/m0/s1. The van der Waals surface area contributed by atoms with Crippen LogP contribution in [0, 0.1) is 0 Å². The molecule has 0 unspecified atom stereocenters. The third kappa shape index (κ3) is 5.69. The van der Waals surface area contributed by atoms with Gasteiger partial charge in [-0.1, -0.05) is 18.2 Å². The number of methoxy groups -OCH3 is 1. The molecule has 1 atom stereocenters. The Bertz CT molecular complexity index is 1360. The number of aliphatic imine (C=N–C) groups is 1. The summed E-state index contributed by atoms with van der Waals surface area (Å²) >= 11 is 0. The van der Waals surface area contributed by atoms with Gasteiger partial charge in [-0.15, -0.1) is 0 Å². The molecule has 4 rings (SSSR count). The number of hydrogen-bond acceptors (Lipinski definition) is 7. The zero-order valence-electron chi connectivity index (χ0n) is 21.8. The summed E-state index contributed by atoms with van der Waals surface area (Å²) in [4.78, 5) is 31.6. The number of nitrogens with one attached hydrogen (secondary N) is 2. The van der Waals surface area contributed by atoms with Crippen LogP contribution in [-0.2, 0) is 24.4 Å². The van der Waals surface area contributed by atoms with Gasteiger partial charge in [0, 0.05) is 24.0 Å². The second-order valence-electron chi connectivity index (χ2n) is 9.00. The molecule has 0 saturated carbocycles. The van der Waals surface area contributed by atoms with Crippen LogP contribution in [0.25, 0.3) is 0 Å². The number of aliphatic hydroxyl groups is 1. The molecule has 3 N–H and O–H groups in total. The molecule has 3 aromatic rings. The highest BCUT2D eigenvalue weighted by molar-refractivity contribution is 6.10. The maximum Gasteiger partial charge on any atom is 0.260 e. The summed E-state index contributed by atoms with van der Waals surface area (Å²) in [5.41, 5.74) is 4.68. The molecule has 0 radical (unpaired) electrons. The third-order valence-electron chi connectivity index (χ3n) is 6.54. The Kier molecular flexibility index (Phi) is 8.40. The number of fused-ring (bicyclic) bond motifs is 1. The van der Waals surface area contributed by atoms with E-state index in [2.05, 4.69) is 22.3 Å². The predicted octanol–water partition coefficient (Wildman–Crippen LogP) is 3.85. The topological polar surface area (TPSA) is 112 Å². The van der Waals surface area contributed by atoms with Crippen LogP contribution in [0.5, 0.6) is 11.5 Å². The van der Waals surface area contributed by atoms with Crippen LogP contribution in [0.4, 0.5) is 17.1 Å². The molecule has 198 valence electrons. The third-order valence-corrected chi connectivity index (χ3v) is 6.54. The van der Waals surface area contributed by atoms with Gasteiger partial charge < -0.3 is 30.1 Å². The average molecular weight is 517 g/mol. The van der Waals surface area contributed by atoms with E-state index in [1.54, 1.807) is 49.2 Å². The normalized spacial score (nSPS) is 13.0. The summed E-state index contributed by atoms with van der Waals surface area (Å²) in [6.07, 6.45) is 0.792. The minimum absolute atomic E-state index is 0.123. The zero-order chi connectivity index (χ0) is 27.2. The molecule has 0 fully saturated rings. The number of anilines is 2. The molecule has 38 heavy (non-hydrogen) atoms. The minimum Gasteiger partial charge on any atom is -0.493 e. The van der Waals surface area contributed by atoms with E-state index >= 15 is 0 Å². The van der Waals surface area contributed by atoms with Crippen molar-refractivity contribution >= 4 is 35.6 Å². The Morgan fingerprint density at radius 3 is 2.61 bits per heavy atom. The van der Waals surface area contributed by atoms with Crippen LogP contribution in [0.3, 0.4) is 0 Å². The number of benzene rings is 3. The molecule has 9 nitrogen and oxygen atoms in total. The molecule has 0 aromatic heterocycles. The van der Waals surface area contributed by atoms with Gasteiger partial charge in [0.15, 0.2) is 11.5 Å². The number of nitrogens with zero attached hydrogens (tertiary/aromatic N) is 2. The summed E-state index contributed by atoms with van der Waals surface area (Å²) < 4.78 is 11.6. The van der Waals surface area contributed by atoms with Crippen molar-refractivity contribution in [2.75, 3.05) is 30.9 Å². The monoisotopic (exact) mass is 516 g/mol. The fourth-order valence-corrected chi connectivity index (χ4v) is 4.37. The van der Waals surface area contributed by atoms with Gasteiger partial charge in [-0.05, 0) is 74.1 Å². The molecule has 2 amide bonds. The highest BCUT2D eigenvalue weighted by Crippen LogP contribution is 2.38. The van der Waals surface area contributed by atoms with Crippen LogP contribution < -0.4 is 25.0 Å². The van der Waals surface area contributed by atoms with Crippen molar-refractivity contribution in [3.8, 4) is 11.5 Å². The number of carbonyl (C=O) groups is 2. The Morgan fingerprint density at radius 2 is 1.89 bits per heavy atom. The first kappa shape index (κ1) is 26.8. The molecule has 0 aliphatic carbocycles. The SMILES string of the molecule is C=Nc1cc(OCc2cc(CO)cc(NC(=O)[C@H](C)NC)c2)c(OC)cc1C(=O)N1CCc2ccccc21. The number of rotatable bonds is 10. The van der Waals surface area contributed by atoms with E-state index in [0.717, 1.165) is 23.2 Å². The number of amides is 2. The van der Waals surface area contributed by atoms with Gasteiger partial charge in [0.1, 0.15) is 6.61 Å². The van der Waals surface area contributed by atoms with Gasteiger partial charge in [0.2, 0.25) is 5.91 Å². The highest BCUT2D eigenvalue weighted by atomic mass is 16.5. The second-order valence-corrected chi connectivity index (χ2v) is 9.00. The molecule has 1 aliphatic rings. The zero-order valence-corrected chi connectivity index (χ0v) is 21.8. The quantitative estimate of drug-likeness (QED) is 0.353. The number of ether oxygens (including phenoxy) is 2. The van der Waals surface area contributed by atoms with Crippen molar-refractivity contribution in [2.45, 2.75) is 32.6 Å².